The largest absolute Gasteiger partial charge is 0.497 e. The van der Waals surface area contributed by atoms with Crippen LogP contribution in [0.25, 0.3) is 0 Å². The van der Waals surface area contributed by atoms with E-state index in [1.54, 1.807) is 13.2 Å². The van der Waals surface area contributed by atoms with E-state index in [9.17, 15) is 4.79 Å². The minimum Gasteiger partial charge on any atom is -0.497 e. The first-order valence-corrected chi connectivity index (χ1v) is 6.82. The Hall–Kier alpha value is -1.75. The highest BCUT2D eigenvalue weighted by molar-refractivity contribution is 5.77. The highest BCUT2D eigenvalue weighted by atomic mass is 16.5. The molecule has 0 aliphatic heterocycles. The molecule has 3 N–H and O–H groups in total. The Balaban J connectivity index is 2.46. The van der Waals surface area contributed by atoms with Crippen molar-refractivity contribution in [1.29, 1.82) is 0 Å². The smallest absolute Gasteiger partial charge is 0.257 e. The Morgan fingerprint density at radius 1 is 1.30 bits per heavy atom. The zero-order valence-electron chi connectivity index (χ0n) is 12.4. The molecule has 0 saturated carbocycles. The predicted molar refractivity (Wildman–Crippen MR) is 78.8 cm³/mol. The van der Waals surface area contributed by atoms with Crippen molar-refractivity contribution in [2.45, 2.75) is 26.8 Å². The number of nitrogens with one attached hydrogen (secondary N) is 1. The molecule has 0 unspecified atom stereocenters. The fraction of sp³-hybridized carbons (Fsp3) is 0.533. The van der Waals surface area contributed by atoms with E-state index in [-0.39, 0.29) is 12.5 Å². The third kappa shape index (κ3) is 5.93. The molecule has 0 aromatic heterocycles. The number of nitrogens with two attached hydrogens (primary N) is 1. The number of methoxy groups -OCH3 is 1. The van der Waals surface area contributed by atoms with Gasteiger partial charge in [-0.05, 0) is 30.0 Å². The molecule has 1 amide bonds. The lowest BCUT2D eigenvalue weighted by atomic mass is 10.1. The summed E-state index contributed by atoms with van der Waals surface area (Å²) in [5.41, 5.74) is 6.50. The zero-order valence-corrected chi connectivity index (χ0v) is 12.4. The van der Waals surface area contributed by atoms with Crippen LogP contribution in [0.1, 0.15) is 25.8 Å². The lowest BCUT2D eigenvalue weighted by molar-refractivity contribution is -0.123. The molecule has 0 aliphatic carbocycles. The number of hydrogen-bond acceptors (Lipinski definition) is 4. The van der Waals surface area contributed by atoms with Crippen LogP contribution in [0, 0.1) is 5.92 Å². The van der Waals surface area contributed by atoms with Gasteiger partial charge in [0.2, 0.25) is 0 Å². The maximum atomic E-state index is 11.6. The molecule has 1 aromatic rings. The van der Waals surface area contributed by atoms with Gasteiger partial charge >= 0.3 is 0 Å². The number of carbonyl (C=O) groups excluding carboxylic acids is 1. The van der Waals surface area contributed by atoms with Gasteiger partial charge in [-0.25, -0.2) is 0 Å². The number of amides is 1. The van der Waals surface area contributed by atoms with Gasteiger partial charge in [0, 0.05) is 19.2 Å². The van der Waals surface area contributed by atoms with E-state index in [2.05, 4.69) is 19.2 Å². The van der Waals surface area contributed by atoms with Gasteiger partial charge in [-0.2, -0.15) is 0 Å². The summed E-state index contributed by atoms with van der Waals surface area (Å²) < 4.78 is 10.6. The molecular weight excluding hydrogens is 256 g/mol. The lowest BCUT2D eigenvalue weighted by Gasteiger charge is -2.11. The van der Waals surface area contributed by atoms with Crippen LogP contribution in [0.15, 0.2) is 18.2 Å². The molecule has 0 heterocycles. The van der Waals surface area contributed by atoms with Crippen molar-refractivity contribution in [2.24, 2.45) is 11.7 Å². The summed E-state index contributed by atoms with van der Waals surface area (Å²) in [5, 5.41) is 2.82. The Morgan fingerprint density at radius 2 is 2.00 bits per heavy atom. The average Bonchev–Trinajstić information content (AvgIpc) is 2.44. The third-order valence-corrected chi connectivity index (χ3v) is 2.83. The van der Waals surface area contributed by atoms with Crippen molar-refractivity contribution in [2.75, 3.05) is 20.3 Å². The first-order valence-electron chi connectivity index (χ1n) is 6.82. The molecule has 0 saturated heterocycles. The first-order chi connectivity index (χ1) is 9.55. The Bertz CT molecular complexity index is 411. The molecule has 0 fully saturated rings. The van der Waals surface area contributed by atoms with E-state index in [4.69, 9.17) is 15.2 Å². The minimum atomic E-state index is -0.122. The van der Waals surface area contributed by atoms with E-state index in [1.165, 1.54) is 0 Å². The molecule has 0 radical (unpaired) electrons. The number of benzene rings is 1. The Labute approximate surface area is 120 Å². The second-order valence-electron chi connectivity index (χ2n) is 5.04. The summed E-state index contributed by atoms with van der Waals surface area (Å²) >= 11 is 0. The topological polar surface area (TPSA) is 73.6 Å². The summed E-state index contributed by atoms with van der Waals surface area (Å²) in [7, 11) is 1.58. The van der Waals surface area contributed by atoms with E-state index in [1.807, 2.05) is 12.1 Å². The number of carbonyl (C=O) groups is 1. The van der Waals surface area contributed by atoms with Gasteiger partial charge < -0.3 is 20.5 Å². The van der Waals surface area contributed by atoms with Crippen LogP contribution >= 0.6 is 0 Å². The molecule has 1 rings (SSSR count). The molecule has 5 heteroatoms. The summed E-state index contributed by atoms with van der Waals surface area (Å²) in [4.78, 5) is 11.6. The molecule has 0 bridgehead atoms. The van der Waals surface area contributed by atoms with Crippen molar-refractivity contribution in [3.05, 3.63) is 23.8 Å². The SMILES string of the molecule is COc1cc(CN)cc(OCC(=O)NCCC(C)C)c1. The van der Waals surface area contributed by atoms with Gasteiger partial charge in [0.25, 0.3) is 5.91 Å². The van der Waals surface area contributed by atoms with Gasteiger partial charge in [0.1, 0.15) is 11.5 Å². The fourth-order valence-corrected chi connectivity index (χ4v) is 1.65. The van der Waals surface area contributed by atoms with Gasteiger partial charge in [0.05, 0.1) is 7.11 Å². The van der Waals surface area contributed by atoms with Crippen LogP contribution in [-0.4, -0.2) is 26.2 Å². The van der Waals surface area contributed by atoms with Gasteiger partial charge in [-0.3, -0.25) is 4.79 Å². The van der Waals surface area contributed by atoms with Crippen molar-refractivity contribution in [3.63, 3.8) is 0 Å². The normalized spacial score (nSPS) is 10.4. The second-order valence-corrected chi connectivity index (χ2v) is 5.04. The molecule has 1 aromatic carbocycles. The zero-order chi connectivity index (χ0) is 15.0. The monoisotopic (exact) mass is 280 g/mol. The molecule has 0 atom stereocenters. The Kier molecular flexibility index (Phi) is 6.87. The molecule has 0 spiro atoms. The van der Waals surface area contributed by atoms with E-state index < -0.39 is 0 Å². The molecule has 0 aliphatic rings. The van der Waals surface area contributed by atoms with Crippen molar-refractivity contribution in [1.82, 2.24) is 5.32 Å². The third-order valence-electron chi connectivity index (χ3n) is 2.83. The maximum absolute atomic E-state index is 11.6. The van der Waals surface area contributed by atoms with Crippen LogP contribution in [0.2, 0.25) is 0 Å². The lowest BCUT2D eigenvalue weighted by Crippen LogP contribution is -2.30. The molecular formula is C15H24N2O3. The van der Waals surface area contributed by atoms with Crippen molar-refractivity contribution in [3.8, 4) is 11.5 Å². The highest BCUT2D eigenvalue weighted by Crippen LogP contribution is 2.22. The van der Waals surface area contributed by atoms with Crippen LogP contribution < -0.4 is 20.5 Å². The fourth-order valence-electron chi connectivity index (χ4n) is 1.65. The summed E-state index contributed by atoms with van der Waals surface area (Å²) in [6, 6.07) is 5.39. The minimum absolute atomic E-state index is 0.00469. The van der Waals surface area contributed by atoms with E-state index >= 15 is 0 Å². The maximum Gasteiger partial charge on any atom is 0.257 e. The van der Waals surface area contributed by atoms with Gasteiger partial charge in [0.15, 0.2) is 6.61 Å². The number of hydrogen-bond donors (Lipinski definition) is 2. The number of rotatable bonds is 8. The first kappa shape index (κ1) is 16.3. The summed E-state index contributed by atoms with van der Waals surface area (Å²) in [5.74, 6) is 1.71. The van der Waals surface area contributed by atoms with E-state index in [0.717, 1.165) is 12.0 Å². The van der Waals surface area contributed by atoms with E-state index in [0.29, 0.717) is 30.5 Å². The van der Waals surface area contributed by atoms with Gasteiger partial charge in [-0.15, -0.1) is 0 Å². The predicted octanol–water partition coefficient (Wildman–Crippen LogP) is 1.69. The van der Waals surface area contributed by atoms with Crippen molar-refractivity contribution < 1.29 is 14.3 Å². The summed E-state index contributed by atoms with van der Waals surface area (Å²) in [6.45, 7) is 5.30. The number of ether oxygens (including phenoxy) is 2. The van der Waals surface area contributed by atoms with Gasteiger partial charge in [-0.1, -0.05) is 13.8 Å². The highest BCUT2D eigenvalue weighted by Gasteiger charge is 2.05. The van der Waals surface area contributed by atoms with Crippen molar-refractivity contribution >= 4 is 5.91 Å². The second kappa shape index (κ2) is 8.43. The molecule has 112 valence electrons. The average molecular weight is 280 g/mol. The van der Waals surface area contributed by atoms with Crippen LogP contribution in [0.4, 0.5) is 0 Å². The van der Waals surface area contributed by atoms with Crippen LogP contribution in [0.5, 0.6) is 11.5 Å². The van der Waals surface area contributed by atoms with Crippen LogP contribution in [0.3, 0.4) is 0 Å². The summed E-state index contributed by atoms with van der Waals surface area (Å²) in [6.07, 6.45) is 0.961. The standard InChI is InChI=1S/C15H24N2O3/c1-11(2)4-5-17-15(18)10-20-14-7-12(9-16)6-13(8-14)19-3/h6-8,11H,4-5,9-10,16H2,1-3H3,(H,17,18). The quantitative estimate of drug-likeness (QED) is 0.760. The molecule has 5 nitrogen and oxygen atoms in total. The Morgan fingerprint density at radius 3 is 2.60 bits per heavy atom. The molecule has 20 heavy (non-hydrogen) atoms. The van der Waals surface area contributed by atoms with Crippen LogP contribution in [-0.2, 0) is 11.3 Å².